The van der Waals surface area contributed by atoms with Gasteiger partial charge in [0.05, 0.1) is 10.8 Å². The van der Waals surface area contributed by atoms with E-state index in [-0.39, 0.29) is 11.6 Å². The standard InChI is InChI=1S/C12H13ClFNO4S/c13-9-6-8(3-4-10(9)14)7-20(18,19)15-5-1-2-11(15)12(16)17/h3-4,6,11H,1-2,5,7H2,(H,16,17)/t11-/m0/s1. The molecule has 1 aliphatic rings. The third-order valence-electron chi connectivity index (χ3n) is 3.18. The second-order valence-corrected chi connectivity index (χ2v) is 6.94. The summed E-state index contributed by atoms with van der Waals surface area (Å²) in [5.41, 5.74) is 0.326. The summed E-state index contributed by atoms with van der Waals surface area (Å²) in [4.78, 5) is 11.0. The normalized spacial score (nSPS) is 20.2. The van der Waals surface area contributed by atoms with Gasteiger partial charge in [-0.1, -0.05) is 17.7 Å². The molecular weight excluding hydrogens is 309 g/mol. The summed E-state index contributed by atoms with van der Waals surface area (Å²) in [5, 5.41) is 8.86. The molecule has 1 N–H and O–H groups in total. The highest BCUT2D eigenvalue weighted by atomic mass is 35.5. The Morgan fingerprint density at radius 1 is 1.50 bits per heavy atom. The maximum absolute atomic E-state index is 13.0. The highest BCUT2D eigenvalue weighted by Crippen LogP contribution is 2.25. The Morgan fingerprint density at radius 2 is 2.20 bits per heavy atom. The quantitative estimate of drug-likeness (QED) is 0.918. The lowest BCUT2D eigenvalue weighted by molar-refractivity contribution is -0.140. The first-order chi connectivity index (χ1) is 9.31. The van der Waals surface area contributed by atoms with Crippen LogP contribution in [0.5, 0.6) is 0 Å². The second-order valence-electron chi connectivity index (χ2n) is 4.61. The van der Waals surface area contributed by atoms with Crippen molar-refractivity contribution >= 4 is 27.6 Å². The SMILES string of the molecule is O=C(O)[C@@H]1CCCN1S(=O)(=O)Cc1ccc(F)c(Cl)c1. The Morgan fingerprint density at radius 3 is 2.80 bits per heavy atom. The van der Waals surface area contributed by atoms with Gasteiger partial charge in [-0.15, -0.1) is 0 Å². The molecule has 0 amide bonds. The fourth-order valence-electron chi connectivity index (χ4n) is 2.24. The van der Waals surface area contributed by atoms with Gasteiger partial charge < -0.3 is 5.11 Å². The number of benzene rings is 1. The van der Waals surface area contributed by atoms with Gasteiger partial charge in [-0.3, -0.25) is 4.79 Å². The molecule has 1 aliphatic heterocycles. The Bertz CT molecular complexity index is 634. The molecule has 1 saturated heterocycles. The number of carboxylic acids is 1. The number of hydrogen-bond donors (Lipinski definition) is 1. The number of carboxylic acid groups (broad SMARTS) is 1. The van der Waals surface area contributed by atoms with Gasteiger partial charge in [-0.25, -0.2) is 12.8 Å². The molecule has 1 fully saturated rings. The molecule has 0 radical (unpaired) electrons. The van der Waals surface area contributed by atoms with Crippen LogP contribution in [0.2, 0.25) is 5.02 Å². The van der Waals surface area contributed by atoms with Gasteiger partial charge in [0.1, 0.15) is 11.9 Å². The number of carbonyl (C=O) groups is 1. The van der Waals surface area contributed by atoms with E-state index in [1.165, 1.54) is 12.1 Å². The van der Waals surface area contributed by atoms with Crippen LogP contribution in [0.1, 0.15) is 18.4 Å². The van der Waals surface area contributed by atoms with Crippen molar-refractivity contribution < 1.29 is 22.7 Å². The van der Waals surface area contributed by atoms with Crippen molar-refractivity contribution in [2.24, 2.45) is 0 Å². The number of sulfonamides is 1. The van der Waals surface area contributed by atoms with E-state index in [1.807, 2.05) is 0 Å². The van der Waals surface area contributed by atoms with Crippen LogP contribution in [0.15, 0.2) is 18.2 Å². The molecule has 0 bridgehead atoms. The van der Waals surface area contributed by atoms with E-state index in [2.05, 4.69) is 0 Å². The third-order valence-corrected chi connectivity index (χ3v) is 5.32. The fourth-order valence-corrected chi connectivity index (χ4v) is 4.20. The minimum Gasteiger partial charge on any atom is -0.480 e. The largest absolute Gasteiger partial charge is 0.480 e. The summed E-state index contributed by atoms with van der Waals surface area (Å²) in [5.74, 6) is -2.17. The monoisotopic (exact) mass is 321 g/mol. The predicted molar refractivity (Wildman–Crippen MR) is 71.4 cm³/mol. The zero-order valence-electron chi connectivity index (χ0n) is 10.4. The molecule has 0 aromatic heterocycles. The van der Waals surface area contributed by atoms with E-state index in [0.717, 1.165) is 10.4 Å². The first kappa shape index (κ1) is 15.2. The van der Waals surface area contributed by atoms with Crippen molar-refractivity contribution in [1.82, 2.24) is 4.31 Å². The number of halogens is 2. The summed E-state index contributed by atoms with van der Waals surface area (Å²) in [6.45, 7) is 0.189. The first-order valence-electron chi connectivity index (χ1n) is 5.97. The van der Waals surface area contributed by atoms with Gasteiger partial charge in [0, 0.05) is 6.54 Å². The van der Waals surface area contributed by atoms with Gasteiger partial charge in [-0.2, -0.15) is 4.31 Å². The van der Waals surface area contributed by atoms with Gasteiger partial charge >= 0.3 is 5.97 Å². The molecule has 20 heavy (non-hydrogen) atoms. The molecule has 0 aliphatic carbocycles. The van der Waals surface area contributed by atoms with E-state index in [0.29, 0.717) is 18.4 Å². The molecule has 8 heteroatoms. The highest BCUT2D eigenvalue weighted by molar-refractivity contribution is 7.88. The average molecular weight is 322 g/mol. The summed E-state index contributed by atoms with van der Waals surface area (Å²) < 4.78 is 38.5. The van der Waals surface area contributed by atoms with E-state index in [1.54, 1.807) is 0 Å². The molecule has 110 valence electrons. The number of aliphatic carboxylic acids is 1. The molecule has 0 unspecified atom stereocenters. The minimum absolute atomic E-state index is 0.158. The minimum atomic E-state index is -3.77. The smallest absolute Gasteiger partial charge is 0.322 e. The Labute approximate surface area is 121 Å². The number of nitrogens with zero attached hydrogens (tertiary/aromatic N) is 1. The zero-order valence-corrected chi connectivity index (χ0v) is 12.0. The van der Waals surface area contributed by atoms with E-state index < -0.39 is 33.6 Å². The van der Waals surface area contributed by atoms with Crippen LogP contribution in [-0.2, 0) is 20.6 Å². The summed E-state index contributed by atoms with van der Waals surface area (Å²) in [6, 6.07) is 2.63. The number of hydrogen-bond acceptors (Lipinski definition) is 3. The van der Waals surface area contributed by atoms with Crippen molar-refractivity contribution in [2.75, 3.05) is 6.54 Å². The molecule has 0 saturated carbocycles. The molecule has 5 nitrogen and oxygen atoms in total. The van der Waals surface area contributed by atoms with Crippen LogP contribution < -0.4 is 0 Å². The van der Waals surface area contributed by atoms with Crippen LogP contribution >= 0.6 is 11.6 Å². The highest BCUT2D eigenvalue weighted by Gasteiger charge is 2.38. The average Bonchev–Trinajstić information content (AvgIpc) is 2.83. The Kier molecular flexibility index (Phi) is 4.31. The topological polar surface area (TPSA) is 74.7 Å². The third kappa shape index (κ3) is 3.11. The van der Waals surface area contributed by atoms with Gasteiger partial charge in [0.2, 0.25) is 10.0 Å². The van der Waals surface area contributed by atoms with Crippen molar-refractivity contribution in [1.29, 1.82) is 0 Å². The molecule has 1 heterocycles. The summed E-state index contributed by atoms with van der Waals surface area (Å²) >= 11 is 5.60. The molecule has 2 rings (SSSR count). The lowest BCUT2D eigenvalue weighted by Crippen LogP contribution is -2.40. The molecule has 1 aromatic carbocycles. The second kappa shape index (κ2) is 5.67. The lowest BCUT2D eigenvalue weighted by Gasteiger charge is -2.21. The molecular formula is C12H13ClFNO4S. The van der Waals surface area contributed by atoms with Gasteiger partial charge in [-0.05, 0) is 30.5 Å². The van der Waals surface area contributed by atoms with Crippen molar-refractivity contribution in [3.05, 3.63) is 34.6 Å². The maximum atomic E-state index is 13.0. The molecule has 1 atom stereocenters. The van der Waals surface area contributed by atoms with Crippen LogP contribution in [0, 0.1) is 5.82 Å². The summed E-state index contributed by atoms with van der Waals surface area (Å²) in [6.07, 6.45) is 0.819. The summed E-state index contributed by atoms with van der Waals surface area (Å²) in [7, 11) is -3.77. The Balaban J connectivity index is 2.22. The molecule has 0 spiro atoms. The van der Waals surface area contributed by atoms with Crippen LogP contribution in [-0.4, -0.2) is 36.4 Å². The number of rotatable bonds is 4. The maximum Gasteiger partial charge on any atom is 0.322 e. The van der Waals surface area contributed by atoms with Crippen molar-refractivity contribution in [3.8, 4) is 0 Å². The predicted octanol–water partition coefficient (Wildman–Crippen LogP) is 1.86. The first-order valence-corrected chi connectivity index (χ1v) is 7.96. The van der Waals surface area contributed by atoms with Crippen molar-refractivity contribution in [2.45, 2.75) is 24.6 Å². The molecule has 1 aromatic rings. The van der Waals surface area contributed by atoms with Crippen LogP contribution in [0.25, 0.3) is 0 Å². The van der Waals surface area contributed by atoms with E-state index in [9.17, 15) is 17.6 Å². The zero-order chi connectivity index (χ0) is 14.9. The van der Waals surface area contributed by atoms with E-state index in [4.69, 9.17) is 16.7 Å². The fraction of sp³-hybridized carbons (Fsp3) is 0.417. The van der Waals surface area contributed by atoms with Crippen LogP contribution in [0.4, 0.5) is 4.39 Å². The lowest BCUT2D eigenvalue weighted by atomic mass is 10.2. The van der Waals surface area contributed by atoms with Gasteiger partial charge in [0.25, 0.3) is 0 Å². The van der Waals surface area contributed by atoms with Crippen molar-refractivity contribution in [3.63, 3.8) is 0 Å². The van der Waals surface area contributed by atoms with Gasteiger partial charge in [0.15, 0.2) is 0 Å². The van der Waals surface area contributed by atoms with E-state index >= 15 is 0 Å². The van der Waals surface area contributed by atoms with Crippen LogP contribution in [0.3, 0.4) is 0 Å². The Hall–Kier alpha value is -1.18.